The molecule has 2 rings (SSSR count). The molecule has 0 aromatic heterocycles. The van der Waals surface area contributed by atoms with Crippen LogP contribution in [0.2, 0.25) is 0 Å². The normalized spacial score (nSPS) is 19.9. The Bertz CT molecular complexity index is 365. The van der Waals surface area contributed by atoms with Crippen molar-refractivity contribution in [2.24, 2.45) is 0 Å². The van der Waals surface area contributed by atoms with Gasteiger partial charge in [0, 0.05) is 6.54 Å². The molecule has 0 radical (unpaired) electrons. The molecule has 1 heterocycles. The van der Waals surface area contributed by atoms with Crippen LogP contribution in [0.4, 0.5) is 0 Å². The van der Waals surface area contributed by atoms with Gasteiger partial charge in [-0.05, 0) is 36.7 Å². The molecule has 82 valence electrons. The molecule has 1 aromatic carbocycles. The van der Waals surface area contributed by atoms with Gasteiger partial charge in [-0.2, -0.15) is 0 Å². The standard InChI is InChI=1S/C11H15NO3/c1-12-6-11-8-5-10(14)9(13)4-7(8)2-3-15-11/h4-5,11-14H,2-3,6H2,1H3. The van der Waals surface area contributed by atoms with Crippen LogP contribution in [0.1, 0.15) is 17.2 Å². The second-order valence-electron chi connectivity index (χ2n) is 3.71. The highest BCUT2D eigenvalue weighted by molar-refractivity contribution is 5.47. The van der Waals surface area contributed by atoms with E-state index < -0.39 is 0 Å². The first-order chi connectivity index (χ1) is 7.22. The first kappa shape index (κ1) is 10.3. The minimum absolute atomic E-state index is 0.0368. The highest BCUT2D eigenvalue weighted by Crippen LogP contribution is 2.35. The average Bonchev–Trinajstić information content (AvgIpc) is 2.21. The number of benzene rings is 1. The third-order valence-corrected chi connectivity index (χ3v) is 2.66. The zero-order chi connectivity index (χ0) is 10.8. The van der Waals surface area contributed by atoms with Gasteiger partial charge in [-0.3, -0.25) is 0 Å². The summed E-state index contributed by atoms with van der Waals surface area (Å²) in [6.45, 7) is 1.36. The molecule has 1 unspecified atom stereocenters. The van der Waals surface area contributed by atoms with E-state index in [1.807, 2.05) is 7.05 Å². The van der Waals surface area contributed by atoms with E-state index in [4.69, 9.17) is 4.74 Å². The van der Waals surface area contributed by atoms with Gasteiger partial charge in [0.1, 0.15) is 0 Å². The Labute approximate surface area is 88.5 Å². The number of nitrogens with one attached hydrogen (secondary N) is 1. The van der Waals surface area contributed by atoms with Crippen molar-refractivity contribution in [1.29, 1.82) is 0 Å². The van der Waals surface area contributed by atoms with E-state index in [1.165, 1.54) is 0 Å². The summed E-state index contributed by atoms with van der Waals surface area (Å²) < 4.78 is 5.58. The van der Waals surface area contributed by atoms with Gasteiger partial charge in [0.15, 0.2) is 11.5 Å². The average molecular weight is 209 g/mol. The van der Waals surface area contributed by atoms with E-state index in [9.17, 15) is 10.2 Å². The van der Waals surface area contributed by atoms with E-state index in [0.29, 0.717) is 13.2 Å². The van der Waals surface area contributed by atoms with Crippen LogP contribution in [0.25, 0.3) is 0 Å². The number of hydrogen-bond donors (Lipinski definition) is 3. The Morgan fingerprint density at radius 3 is 2.87 bits per heavy atom. The SMILES string of the molecule is CNCC1OCCc2cc(O)c(O)cc21. The molecule has 0 saturated carbocycles. The predicted molar refractivity (Wildman–Crippen MR) is 56.1 cm³/mol. The van der Waals surface area contributed by atoms with Crippen molar-refractivity contribution < 1.29 is 14.9 Å². The Morgan fingerprint density at radius 2 is 2.13 bits per heavy atom. The van der Waals surface area contributed by atoms with Crippen LogP contribution in [0.15, 0.2) is 12.1 Å². The zero-order valence-corrected chi connectivity index (χ0v) is 8.66. The highest BCUT2D eigenvalue weighted by atomic mass is 16.5. The van der Waals surface area contributed by atoms with Gasteiger partial charge in [0.05, 0.1) is 12.7 Å². The minimum Gasteiger partial charge on any atom is -0.504 e. The van der Waals surface area contributed by atoms with Crippen LogP contribution in [0, 0.1) is 0 Å². The molecule has 15 heavy (non-hydrogen) atoms. The zero-order valence-electron chi connectivity index (χ0n) is 8.66. The third-order valence-electron chi connectivity index (χ3n) is 2.66. The monoisotopic (exact) mass is 209 g/mol. The summed E-state index contributed by atoms with van der Waals surface area (Å²) in [7, 11) is 1.86. The van der Waals surface area contributed by atoms with E-state index >= 15 is 0 Å². The molecule has 0 spiro atoms. The van der Waals surface area contributed by atoms with Crippen molar-refractivity contribution in [3.63, 3.8) is 0 Å². The summed E-state index contributed by atoms with van der Waals surface area (Å²) in [6.07, 6.45) is 0.744. The second kappa shape index (κ2) is 4.08. The highest BCUT2D eigenvalue weighted by Gasteiger charge is 2.21. The molecule has 0 amide bonds. The van der Waals surface area contributed by atoms with E-state index in [-0.39, 0.29) is 17.6 Å². The smallest absolute Gasteiger partial charge is 0.157 e. The number of ether oxygens (including phenoxy) is 1. The molecule has 4 heteroatoms. The molecule has 0 fully saturated rings. The fourth-order valence-corrected chi connectivity index (χ4v) is 1.91. The lowest BCUT2D eigenvalue weighted by Crippen LogP contribution is -2.25. The molecular weight excluding hydrogens is 194 g/mol. The summed E-state index contributed by atoms with van der Waals surface area (Å²) in [5.74, 6) is -0.140. The lowest BCUT2D eigenvalue weighted by atomic mass is 9.96. The van der Waals surface area contributed by atoms with E-state index in [0.717, 1.165) is 17.5 Å². The molecule has 1 atom stereocenters. The van der Waals surface area contributed by atoms with Gasteiger partial charge >= 0.3 is 0 Å². The second-order valence-corrected chi connectivity index (χ2v) is 3.71. The Morgan fingerprint density at radius 1 is 1.40 bits per heavy atom. The van der Waals surface area contributed by atoms with Crippen molar-refractivity contribution in [2.75, 3.05) is 20.2 Å². The van der Waals surface area contributed by atoms with Gasteiger partial charge in [0.25, 0.3) is 0 Å². The number of phenolic OH excluding ortho intramolecular Hbond substituents is 2. The molecule has 4 nitrogen and oxygen atoms in total. The van der Waals surface area contributed by atoms with Crippen LogP contribution >= 0.6 is 0 Å². The fourth-order valence-electron chi connectivity index (χ4n) is 1.91. The van der Waals surface area contributed by atoms with Crippen molar-refractivity contribution in [1.82, 2.24) is 5.32 Å². The number of rotatable bonds is 2. The van der Waals surface area contributed by atoms with Crippen LogP contribution < -0.4 is 5.32 Å². The molecule has 0 saturated heterocycles. The molecule has 0 bridgehead atoms. The molecule has 1 aliphatic rings. The van der Waals surface area contributed by atoms with Crippen LogP contribution in [0.5, 0.6) is 11.5 Å². The summed E-state index contributed by atoms with van der Waals surface area (Å²) >= 11 is 0. The van der Waals surface area contributed by atoms with E-state index in [2.05, 4.69) is 5.32 Å². The maximum atomic E-state index is 9.44. The fraction of sp³-hybridized carbons (Fsp3) is 0.455. The van der Waals surface area contributed by atoms with Crippen molar-refractivity contribution in [3.05, 3.63) is 23.3 Å². The largest absolute Gasteiger partial charge is 0.504 e. The number of fused-ring (bicyclic) bond motifs is 1. The summed E-state index contributed by atoms with van der Waals surface area (Å²) in [4.78, 5) is 0. The molecule has 0 aliphatic carbocycles. The first-order valence-corrected chi connectivity index (χ1v) is 5.03. The lowest BCUT2D eigenvalue weighted by Gasteiger charge is -2.26. The van der Waals surface area contributed by atoms with Crippen LogP contribution in [0.3, 0.4) is 0 Å². The molecule has 1 aromatic rings. The van der Waals surface area contributed by atoms with Crippen molar-refractivity contribution in [3.8, 4) is 11.5 Å². The van der Waals surface area contributed by atoms with Crippen LogP contribution in [-0.4, -0.2) is 30.4 Å². The third kappa shape index (κ3) is 1.91. The molecule has 3 N–H and O–H groups in total. The Hall–Kier alpha value is -1.26. The Balaban J connectivity index is 2.38. The van der Waals surface area contributed by atoms with E-state index in [1.54, 1.807) is 12.1 Å². The van der Waals surface area contributed by atoms with Crippen molar-refractivity contribution in [2.45, 2.75) is 12.5 Å². The summed E-state index contributed by atoms with van der Waals surface area (Å²) in [5, 5.41) is 21.9. The van der Waals surface area contributed by atoms with Gasteiger partial charge in [-0.1, -0.05) is 0 Å². The maximum Gasteiger partial charge on any atom is 0.157 e. The topological polar surface area (TPSA) is 61.7 Å². The molecule has 1 aliphatic heterocycles. The molecular formula is C11H15NO3. The first-order valence-electron chi connectivity index (χ1n) is 5.03. The van der Waals surface area contributed by atoms with Gasteiger partial charge in [-0.25, -0.2) is 0 Å². The number of aromatic hydroxyl groups is 2. The Kier molecular flexibility index (Phi) is 2.79. The number of hydrogen-bond acceptors (Lipinski definition) is 4. The predicted octanol–water partition coefficient (Wildman–Crippen LogP) is 0.931. The van der Waals surface area contributed by atoms with Crippen molar-refractivity contribution >= 4 is 0 Å². The van der Waals surface area contributed by atoms with Gasteiger partial charge < -0.3 is 20.3 Å². The quantitative estimate of drug-likeness (QED) is 0.634. The lowest BCUT2D eigenvalue weighted by molar-refractivity contribution is 0.0435. The van der Waals surface area contributed by atoms with Gasteiger partial charge in [0.2, 0.25) is 0 Å². The number of phenols is 2. The van der Waals surface area contributed by atoms with Gasteiger partial charge in [-0.15, -0.1) is 0 Å². The maximum absolute atomic E-state index is 9.44. The summed E-state index contributed by atoms with van der Waals surface area (Å²) in [5.41, 5.74) is 2.02. The minimum atomic E-state index is -0.0830. The number of likely N-dealkylation sites (N-methyl/N-ethyl adjacent to an activating group) is 1. The summed E-state index contributed by atoms with van der Waals surface area (Å²) in [6, 6.07) is 3.21. The van der Waals surface area contributed by atoms with Crippen LogP contribution in [-0.2, 0) is 11.2 Å².